The van der Waals surface area contributed by atoms with Gasteiger partial charge < -0.3 is 14.3 Å². The van der Waals surface area contributed by atoms with E-state index in [1.807, 2.05) is 12.1 Å². The zero-order valence-electron chi connectivity index (χ0n) is 14.9. The largest absolute Gasteiger partial charge is 0.467 e. The molecule has 4 nitrogen and oxygen atoms in total. The Bertz CT molecular complexity index is 565. The molecule has 0 fully saturated rings. The molecule has 0 amide bonds. The lowest BCUT2D eigenvalue weighted by Gasteiger charge is -2.30. The summed E-state index contributed by atoms with van der Waals surface area (Å²) in [6.07, 6.45) is 2.16. The molecule has 1 aromatic heterocycles. The van der Waals surface area contributed by atoms with Gasteiger partial charge in [-0.25, -0.2) is 0 Å². The molecule has 1 aromatic carbocycles. The van der Waals surface area contributed by atoms with Crippen LogP contribution < -0.4 is 0 Å². The van der Waals surface area contributed by atoms with E-state index in [1.54, 1.807) is 6.26 Å². The average molecular weight is 331 g/mol. The van der Waals surface area contributed by atoms with Gasteiger partial charge in [0.15, 0.2) is 0 Å². The summed E-state index contributed by atoms with van der Waals surface area (Å²) >= 11 is 0. The maximum Gasteiger partial charge on any atom is 0.129 e. The molecule has 2 atom stereocenters. The fraction of sp³-hybridized carbons (Fsp3) is 0.500. The molecule has 0 spiro atoms. The first-order valence-electron chi connectivity index (χ1n) is 8.66. The third-order valence-corrected chi connectivity index (χ3v) is 4.30. The summed E-state index contributed by atoms with van der Waals surface area (Å²) in [5.41, 5.74) is 2.53. The van der Waals surface area contributed by atoms with Crippen molar-refractivity contribution in [2.24, 2.45) is 0 Å². The van der Waals surface area contributed by atoms with Crippen LogP contribution in [0.2, 0.25) is 0 Å². The van der Waals surface area contributed by atoms with Crippen LogP contribution in [-0.2, 0) is 17.9 Å². The fourth-order valence-electron chi connectivity index (χ4n) is 2.60. The summed E-state index contributed by atoms with van der Waals surface area (Å²) in [5.74, 6) is 0.778. The molecule has 0 radical (unpaired) electrons. The smallest absolute Gasteiger partial charge is 0.129 e. The van der Waals surface area contributed by atoms with E-state index in [1.165, 1.54) is 11.1 Å². The van der Waals surface area contributed by atoms with Crippen LogP contribution >= 0.6 is 0 Å². The standard InChI is InChI=1S/C20H29NO3/c1-4-17(3)21(12-18-9-7-16(2)8-10-18)13-19(22)14-23-15-20-6-5-11-24-20/h5-11,17,19,22H,4,12-15H2,1-3H3. The number of aryl methyl sites for hydroxylation is 1. The number of hydrogen-bond acceptors (Lipinski definition) is 4. The van der Waals surface area contributed by atoms with Gasteiger partial charge in [-0.1, -0.05) is 36.8 Å². The molecule has 0 saturated heterocycles. The number of benzene rings is 1. The second-order valence-corrected chi connectivity index (χ2v) is 6.42. The van der Waals surface area contributed by atoms with Crippen molar-refractivity contribution >= 4 is 0 Å². The number of ether oxygens (including phenoxy) is 1. The first-order chi connectivity index (χ1) is 11.6. The van der Waals surface area contributed by atoms with E-state index >= 15 is 0 Å². The Balaban J connectivity index is 1.84. The van der Waals surface area contributed by atoms with E-state index in [0.29, 0.717) is 25.8 Å². The SMILES string of the molecule is CCC(C)N(Cc1ccc(C)cc1)CC(O)COCc1ccco1. The predicted octanol–water partition coefficient (Wildman–Crippen LogP) is 3.77. The summed E-state index contributed by atoms with van der Waals surface area (Å²) in [5, 5.41) is 10.3. The van der Waals surface area contributed by atoms with E-state index in [0.717, 1.165) is 18.7 Å². The van der Waals surface area contributed by atoms with Crippen LogP contribution in [0.5, 0.6) is 0 Å². The maximum absolute atomic E-state index is 10.3. The number of rotatable bonds is 10. The van der Waals surface area contributed by atoms with Gasteiger partial charge in [0.1, 0.15) is 12.4 Å². The normalized spacial score (nSPS) is 14.0. The summed E-state index contributed by atoms with van der Waals surface area (Å²) in [6, 6.07) is 12.7. The topological polar surface area (TPSA) is 45.8 Å². The molecule has 132 valence electrons. The van der Waals surface area contributed by atoms with E-state index in [9.17, 15) is 5.11 Å². The highest BCUT2D eigenvalue weighted by atomic mass is 16.5. The van der Waals surface area contributed by atoms with E-state index in [-0.39, 0.29) is 0 Å². The van der Waals surface area contributed by atoms with Crippen LogP contribution in [0.25, 0.3) is 0 Å². The Hall–Kier alpha value is -1.62. The molecule has 2 aromatic rings. The number of aliphatic hydroxyl groups excluding tert-OH is 1. The van der Waals surface area contributed by atoms with Gasteiger partial charge in [-0.15, -0.1) is 0 Å². The van der Waals surface area contributed by atoms with E-state index < -0.39 is 6.10 Å². The van der Waals surface area contributed by atoms with E-state index in [4.69, 9.17) is 9.15 Å². The van der Waals surface area contributed by atoms with E-state index in [2.05, 4.69) is 49.9 Å². The van der Waals surface area contributed by atoms with Gasteiger partial charge in [0.25, 0.3) is 0 Å². The third kappa shape index (κ3) is 6.11. The highest BCUT2D eigenvalue weighted by Gasteiger charge is 2.17. The molecule has 2 unspecified atom stereocenters. The van der Waals surface area contributed by atoms with Crippen molar-refractivity contribution in [2.45, 2.75) is 52.5 Å². The molecule has 0 aliphatic heterocycles. The van der Waals surface area contributed by atoms with Crippen molar-refractivity contribution in [3.8, 4) is 0 Å². The minimum Gasteiger partial charge on any atom is -0.467 e. The number of aliphatic hydroxyl groups is 1. The van der Waals surface area contributed by atoms with Crippen molar-refractivity contribution in [3.63, 3.8) is 0 Å². The van der Waals surface area contributed by atoms with Gasteiger partial charge in [-0.05, 0) is 38.0 Å². The van der Waals surface area contributed by atoms with Crippen molar-refractivity contribution in [3.05, 3.63) is 59.5 Å². The number of furan rings is 1. The summed E-state index contributed by atoms with van der Waals surface area (Å²) in [4.78, 5) is 2.31. The molecule has 1 N–H and O–H groups in total. The first-order valence-corrected chi connectivity index (χ1v) is 8.66. The molecule has 2 rings (SSSR count). The van der Waals surface area contributed by atoms with Crippen molar-refractivity contribution in [1.29, 1.82) is 0 Å². The van der Waals surface area contributed by atoms with Gasteiger partial charge in [0.05, 0.1) is 19.0 Å². The molecule has 0 bridgehead atoms. The fourth-order valence-corrected chi connectivity index (χ4v) is 2.60. The lowest BCUT2D eigenvalue weighted by Crippen LogP contribution is -2.39. The zero-order chi connectivity index (χ0) is 17.4. The van der Waals surface area contributed by atoms with Gasteiger partial charge in [0.2, 0.25) is 0 Å². The van der Waals surface area contributed by atoms with Crippen LogP contribution in [-0.4, -0.2) is 35.3 Å². The Labute approximate surface area is 145 Å². The minimum atomic E-state index is -0.514. The molecule has 24 heavy (non-hydrogen) atoms. The Morgan fingerprint density at radius 1 is 1.21 bits per heavy atom. The quantitative estimate of drug-likeness (QED) is 0.720. The monoisotopic (exact) mass is 331 g/mol. The zero-order valence-corrected chi connectivity index (χ0v) is 14.9. The second-order valence-electron chi connectivity index (χ2n) is 6.42. The Morgan fingerprint density at radius 2 is 1.96 bits per heavy atom. The van der Waals surface area contributed by atoms with Crippen molar-refractivity contribution < 1.29 is 14.3 Å². The predicted molar refractivity (Wildman–Crippen MR) is 95.7 cm³/mol. The average Bonchev–Trinajstić information content (AvgIpc) is 3.09. The van der Waals surface area contributed by atoms with Gasteiger partial charge in [-0.3, -0.25) is 4.90 Å². The van der Waals surface area contributed by atoms with Gasteiger partial charge in [0, 0.05) is 19.1 Å². The molecule has 0 aliphatic carbocycles. The summed E-state index contributed by atoms with van der Waals surface area (Å²) < 4.78 is 10.8. The van der Waals surface area contributed by atoms with Crippen LogP contribution in [0.1, 0.15) is 37.2 Å². The minimum absolute atomic E-state index is 0.307. The van der Waals surface area contributed by atoms with Crippen LogP contribution in [0.3, 0.4) is 0 Å². The molecule has 4 heteroatoms. The van der Waals surface area contributed by atoms with Crippen molar-refractivity contribution in [1.82, 2.24) is 4.90 Å². The highest BCUT2D eigenvalue weighted by Crippen LogP contribution is 2.13. The lowest BCUT2D eigenvalue weighted by atomic mass is 10.1. The molecule has 1 heterocycles. The molecule has 0 aliphatic rings. The molecular formula is C20H29NO3. The van der Waals surface area contributed by atoms with Gasteiger partial charge >= 0.3 is 0 Å². The van der Waals surface area contributed by atoms with Crippen LogP contribution in [0, 0.1) is 6.92 Å². The third-order valence-electron chi connectivity index (χ3n) is 4.30. The lowest BCUT2D eigenvalue weighted by molar-refractivity contribution is -0.00271. The molecular weight excluding hydrogens is 302 g/mol. The summed E-state index contributed by atoms with van der Waals surface area (Å²) in [7, 11) is 0. The highest BCUT2D eigenvalue weighted by molar-refractivity contribution is 5.21. The van der Waals surface area contributed by atoms with Crippen LogP contribution in [0.4, 0.5) is 0 Å². The summed E-state index contributed by atoms with van der Waals surface area (Å²) in [6.45, 7) is 8.60. The Kier molecular flexibility index (Phi) is 7.50. The first kappa shape index (κ1) is 18.7. The van der Waals surface area contributed by atoms with Gasteiger partial charge in [-0.2, -0.15) is 0 Å². The number of nitrogens with zero attached hydrogens (tertiary/aromatic N) is 1. The molecule has 0 saturated carbocycles. The number of hydrogen-bond donors (Lipinski definition) is 1. The Morgan fingerprint density at radius 3 is 2.58 bits per heavy atom. The second kappa shape index (κ2) is 9.62. The van der Waals surface area contributed by atoms with Crippen LogP contribution in [0.15, 0.2) is 47.1 Å². The van der Waals surface area contributed by atoms with Crippen molar-refractivity contribution in [2.75, 3.05) is 13.2 Å². The maximum atomic E-state index is 10.3.